The number of hydrogen-bond donors (Lipinski definition) is 0. The summed E-state index contributed by atoms with van der Waals surface area (Å²) in [4.78, 5) is 25.9. The molecular weight excluding hydrogens is 270 g/mol. The van der Waals surface area contributed by atoms with Crippen LogP contribution in [-0.4, -0.2) is 31.5 Å². The highest BCUT2D eigenvalue weighted by molar-refractivity contribution is 5.97. The average Bonchev–Trinajstić information content (AvgIpc) is 2.50. The van der Waals surface area contributed by atoms with Gasteiger partial charge >= 0.3 is 5.63 Å². The Morgan fingerprint density at radius 3 is 2.81 bits per heavy atom. The van der Waals surface area contributed by atoms with Crippen LogP contribution in [0.1, 0.15) is 30.1 Å². The first kappa shape index (κ1) is 15.1. The smallest absolute Gasteiger partial charge is 0.349 e. The fraction of sp³-hybridized carbons (Fsp3) is 0.375. The zero-order valence-corrected chi connectivity index (χ0v) is 12.5. The van der Waals surface area contributed by atoms with E-state index in [1.54, 1.807) is 36.2 Å². The van der Waals surface area contributed by atoms with Crippen molar-refractivity contribution in [1.82, 2.24) is 4.90 Å². The Kier molecular flexibility index (Phi) is 4.62. The van der Waals surface area contributed by atoms with Gasteiger partial charge in [0, 0.05) is 19.0 Å². The van der Waals surface area contributed by atoms with Gasteiger partial charge in [-0.05, 0) is 18.6 Å². The molecule has 0 aliphatic carbocycles. The second kappa shape index (κ2) is 6.43. The molecule has 21 heavy (non-hydrogen) atoms. The van der Waals surface area contributed by atoms with E-state index in [4.69, 9.17) is 9.15 Å². The summed E-state index contributed by atoms with van der Waals surface area (Å²) in [6, 6.07) is 6.84. The zero-order chi connectivity index (χ0) is 15.4. The van der Waals surface area contributed by atoms with E-state index < -0.39 is 5.63 Å². The van der Waals surface area contributed by atoms with Crippen molar-refractivity contribution in [2.24, 2.45) is 0 Å². The molecule has 2 aromatic rings. The van der Waals surface area contributed by atoms with Gasteiger partial charge in [0.1, 0.15) is 5.56 Å². The van der Waals surface area contributed by atoms with Crippen LogP contribution in [-0.2, 0) is 0 Å². The Morgan fingerprint density at radius 2 is 2.14 bits per heavy atom. The lowest BCUT2D eigenvalue weighted by Crippen LogP contribution is -2.31. The molecular formula is C16H19NO4. The third kappa shape index (κ3) is 3.07. The van der Waals surface area contributed by atoms with Crippen LogP contribution in [0, 0.1) is 0 Å². The fourth-order valence-electron chi connectivity index (χ4n) is 2.13. The standard InChI is InChI=1S/C16H19NO4/c1-4-5-9-17(2)15(18)12-10-11-7-6-8-13(20-3)14(11)21-16(12)19/h6-8,10H,4-5,9H2,1-3H3. The van der Waals surface area contributed by atoms with Gasteiger partial charge in [0.25, 0.3) is 5.91 Å². The lowest BCUT2D eigenvalue weighted by Gasteiger charge is -2.16. The minimum atomic E-state index is -0.639. The lowest BCUT2D eigenvalue weighted by molar-refractivity contribution is 0.0789. The fourth-order valence-corrected chi connectivity index (χ4v) is 2.13. The van der Waals surface area contributed by atoms with Crippen molar-refractivity contribution in [1.29, 1.82) is 0 Å². The van der Waals surface area contributed by atoms with Crippen molar-refractivity contribution in [2.75, 3.05) is 20.7 Å². The largest absolute Gasteiger partial charge is 0.493 e. The number of nitrogens with zero attached hydrogens (tertiary/aromatic N) is 1. The van der Waals surface area contributed by atoms with Crippen molar-refractivity contribution < 1.29 is 13.9 Å². The van der Waals surface area contributed by atoms with Gasteiger partial charge in [-0.3, -0.25) is 4.79 Å². The Labute approximate surface area is 123 Å². The van der Waals surface area contributed by atoms with Crippen molar-refractivity contribution in [3.63, 3.8) is 0 Å². The lowest BCUT2D eigenvalue weighted by atomic mass is 10.1. The third-order valence-corrected chi connectivity index (χ3v) is 3.37. The number of unbranched alkanes of at least 4 members (excludes halogenated alkanes) is 1. The van der Waals surface area contributed by atoms with Gasteiger partial charge in [-0.2, -0.15) is 0 Å². The molecule has 0 fully saturated rings. The summed E-state index contributed by atoms with van der Waals surface area (Å²) in [6.07, 6.45) is 1.89. The van der Waals surface area contributed by atoms with Crippen LogP contribution in [0.3, 0.4) is 0 Å². The highest BCUT2D eigenvalue weighted by Gasteiger charge is 2.18. The van der Waals surface area contributed by atoms with E-state index in [1.807, 2.05) is 0 Å². The summed E-state index contributed by atoms with van der Waals surface area (Å²) >= 11 is 0. The number of amides is 1. The molecule has 0 aliphatic rings. The number of ether oxygens (including phenoxy) is 1. The van der Waals surface area contributed by atoms with Crippen LogP contribution in [0.25, 0.3) is 11.0 Å². The molecule has 0 saturated carbocycles. The molecule has 0 unspecified atom stereocenters. The molecule has 0 bridgehead atoms. The summed E-state index contributed by atoms with van der Waals surface area (Å²) in [7, 11) is 3.19. The van der Waals surface area contributed by atoms with Gasteiger partial charge in [-0.1, -0.05) is 25.5 Å². The molecule has 0 spiro atoms. The first-order chi connectivity index (χ1) is 10.1. The van der Waals surface area contributed by atoms with Gasteiger partial charge in [-0.15, -0.1) is 0 Å². The summed E-state index contributed by atoms with van der Waals surface area (Å²) in [5, 5.41) is 0.668. The maximum atomic E-state index is 12.3. The second-order valence-electron chi connectivity index (χ2n) is 4.91. The summed E-state index contributed by atoms with van der Waals surface area (Å²) in [6.45, 7) is 2.67. The SMILES string of the molecule is CCCCN(C)C(=O)c1cc2cccc(OC)c2oc1=O. The Bertz CT molecular complexity index is 705. The monoisotopic (exact) mass is 289 g/mol. The van der Waals surface area contributed by atoms with Crippen molar-refractivity contribution >= 4 is 16.9 Å². The molecule has 112 valence electrons. The molecule has 1 aromatic heterocycles. The number of para-hydroxylation sites is 1. The minimum absolute atomic E-state index is 0.0503. The van der Waals surface area contributed by atoms with E-state index in [1.165, 1.54) is 7.11 Å². The molecule has 1 heterocycles. The van der Waals surface area contributed by atoms with Crippen molar-refractivity contribution in [2.45, 2.75) is 19.8 Å². The van der Waals surface area contributed by atoms with Gasteiger partial charge in [0.15, 0.2) is 11.3 Å². The quantitative estimate of drug-likeness (QED) is 0.794. The topological polar surface area (TPSA) is 59.8 Å². The summed E-state index contributed by atoms with van der Waals surface area (Å²) < 4.78 is 10.4. The maximum absolute atomic E-state index is 12.3. The molecule has 0 radical (unpaired) electrons. The van der Waals surface area contributed by atoms with E-state index in [2.05, 4.69) is 6.92 Å². The number of fused-ring (bicyclic) bond motifs is 1. The third-order valence-electron chi connectivity index (χ3n) is 3.37. The maximum Gasteiger partial charge on any atom is 0.349 e. The molecule has 0 atom stereocenters. The molecule has 2 rings (SSSR count). The molecule has 1 amide bonds. The van der Waals surface area contributed by atoms with E-state index >= 15 is 0 Å². The predicted molar refractivity (Wildman–Crippen MR) is 80.9 cm³/mol. The molecule has 5 nitrogen and oxygen atoms in total. The first-order valence-electron chi connectivity index (χ1n) is 6.94. The average molecular weight is 289 g/mol. The summed E-state index contributed by atoms with van der Waals surface area (Å²) in [5.41, 5.74) is -0.229. The van der Waals surface area contributed by atoms with Crippen LogP contribution in [0.15, 0.2) is 33.5 Å². The van der Waals surface area contributed by atoms with Crippen molar-refractivity contribution in [3.05, 3.63) is 40.2 Å². The number of methoxy groups -OCH3 is 1. The van der Waals surface area contributed by atoms with Gasteiger partial charge in [-0.25, -0.2) is 4.79 Å². The number of carbonyl (C=O) groups excluding carboxylic acids is 1. The van der Waals surface area contributed by atoms with Crippen LogP contribution >= 0.6 is 0 Å². The van der Waals surface area contributed by atoms with Crippen molar-refractivity contribution in [3.8, 4) is 5.75 Å². The second-order valence-corrected chi connectivity index (χ2v) is 4.91. The molecule has 0 N–H and O–H groups in total. The Hall–Kier alpha value is -2.30. The Balaban J connectivity index is 2.44. The first-order valence-corrected chi connectivity index (χ1v) is 6.94. The van der Waals surface area contributed by atoms with Crippen LogP contribution < -0.4 is 10.4 Å². The normalized spacial score (nSPS) is 10.6. The molecule has 0 saturated heterocycles. The molecule has 1 aromatic carbocycles. The van der Waals surface area contributed by atoms with E-state index in [-0.39, 0.29) is 11.5 Å². The van der Waals surface area contributed by atoms with Gasteiger partial charge in [0.05, 0.1) is 7.11 Å². The molecule has 5 heteroatoms. The van der Waals surface area contributed by atoms with Gasteiger partial charge in [0.2, 0.25) is 0 Å². The minimum Gasteiger partial charge on any atom is -0.493 e. The van der Waals surface area contributed by atoms with E-state index in [9.17, 15) is 9.59 Å². The summed E-state index contributed by atoms with van der Waals surface area (Å²) in [5.74, 6) is 0.157. The van der Waals surface area contributed by atoms with E-state index in [0.717, 1.165) is 12.8 Å². The zero-order valence-electron chi connectivity index (χ0n) is 12.5. The number of rotatable bonds is 5. The molecule has 0 aliphatic heterocycles. The predicted octanol–water partition coefficient (Wildman–Crippen LogP) is 2.67. The van der Waals surface area contributed by atoms with Crippen LogP contribution in [0.5, 0.6) is 5.75 Å². The van der Waals surface area contributed by atoms with E-state index in [0.29, 0.717) is 23.3 Å². The highest BCUT2D eigenvalue weighted by Crippen LogP contribution is 2.24. The Morgan fingerprint density at radius 1 is 1.38 bits per heavy atom. The number of benzene rings is 1. The van der Waals surface area contributed by atoms with Crippen LogP contribution in [0.2, 0.25) is 0 Å². The number of hydrogen-bond acceptors (Lipinski definition) is 4. The van der Waals surface area contributed by atoms with Gasteiger partial charge < -0.3 is 14.1 Å². The number of carbonyl (C=O) groups is 1. The highest BCUT2D eigenvalue weighted by atomic mass is 16.5. The van der Waals surface area contributed by atoms with Crippen LogP contribution in [0.4, 0.5) is 0 Å².